The molecule has 0 aliphatic heterocycles. The maximum Gasteiger partial charge on any atom is 0.127 e. The Hall–Kier alpha value is -0.790. The summed E-state index contributed by atoms with van der Waals surface area (Å²) in [6.07, 6.45) is 8.31. The molecule has 0 aromatic carbocycles. The molecule has 0 bridgehead atoms. The molecule has 2 heteroatoms. The summed E-state index contributed by atoms with van der Waals surface area (Å²) in [5, 5.41) is 9.04. The lowest BCUT2D eigenvalue weighted by atomic mass is 10.1. The van der Waals surface area contributed by atoms with Crippen molar-refractivity contribution in [2.45, 2.75) is 45.4 Å². The summed E-state index contributed by atoms with van der Waals surface area (Å²) in [5.74, 6) is 0.210. The molecule has 0 heterocycles. The van der Waals surface area contributed by atoms with Crippen LogP contribution in [-0.4, -0.2) is 11.4 Å². The van der Waals surface area contributed by atoms with Crippen molar-refractivity contribution in [2.24, 2.45) is 0 Å². The fourth-order valence-electron chi connectivity index (χ4n) is 1.01. The van der Waals surface area contributed by atoms with Gasteiger partial charge in [0, 0.05) is 0 Å². The van der Waals surface area contributed by atoms with E-state index < -0.39 is 0 Å². The zero-order valence-corrected chi connectivity index (χ0v) is 7.75. The van der Waals surface area contributed by atoms with Gasteiger partial charge >= 0.3 is 0 Å². The van der Waals surface area contributed by atoms with E-state index in [4.69, 9.17) is 5.11 Å². The fourth-order valence-corrected chi connectivity index (χ4v) is 1.01. The third-order valence-corrected chi connectivity index (χ3v) is 1.73. The number of carbonyl (C=O) groups excluding carboxylic acids is 1. The number of allylic oxidation sites excluding steroid dienone is 2. The van der Waals surface area contributed by atoms with Gasteiger partial charge < -0.3 is 9.90 Å². The summed E-state index contributed by atoms with van der Waals surface area (Å²) in [7, 11) is 0. The zero-order valence-electron chi connectivity index (χ0n) is 7.75. The first-order valence-electron chi connectivity index (χ1n) is 4.63. The van der Waals surface area contributed by atoms with Gasteiger partial charge in [0.25, 0.3) is 0 Å². The molecule has 0 unspecified atom stereocenters. The number of rotatable bonds is 7. The zero-order chi connectivity index (χ0) is 9.23. The van der Waals surface area contributed by atoms with E-state index in [1.807, 2.05) is 0 Å². The molecule has 0 spiro atoms. The highest BCUT2D eigenvalue weighted by Crippen LogP contribution is 2.05. The van der Waals surface area contributed by atoms with Crippen molar-refractivity contribution in [2.75, 3.05) is 0 Å². The van der Waals surface area contributed by atoms with Crippen molar-refractivity contribution in [3.63, 3.8) is 0 Å². The quantitative estimate of drug-likeness (QED) is 0.362. The first-order chi connectivity index (χ1) is 5.81. The number of aliphatic hydroxyl groups is 1. The number of aldehydes is 1. The van der Waals surface area contributed by atoms with Crippen LogP contribution in [0.5, 0.6) is 0 Å². The second kappa shape index (κ2) is 8.31. The molecule has 0 saturated heterocycles. The van der Waals surface area contributed by atoms with Crippen LogP contribution >= 0.6 is 0 Å². The molecular formula is C10H18O2. The van der Waals surface area contributed by atoms with Crippen LogP contribution in [0.15, 0.2) is 11.8 Å². The monoisotopic (exact) mass is 170 g/mol. The van der Waals surface area contributed by atoms with Crippen LogP contribution in [-0.2, 0) is 4.79 Å². The predicted molar refractivity (Wildman–Crippen MR) is 50.2 cm³/mol. The van der Waals surface area contributed by atoms with Crippen molar-refractivity contribution < 1.29 is 9.90 Å². The van der Waals surface area contributed by atoms with E-state index in [-0.39, 0.29) is 12.2 Å². The average Bonchev–Trinajstić information content (AvgIpc) is 2.05. The summed E-state index contributed by atoms with van der Waals surface area (Å²) in [4.78, 5) is 9.95. The highest BCUT2D eigenvalue weighted by atomic mass is 16.3. The Morgan fingerprint density at radius 3 is 2.67 bits per heavy atom. The summed E-state index contributed by atoms with van der Waals surface area (Å²) in [6.45, 7) is 2.17. The van der Waals surface area contributed by atoms with Crippen molar-refractivity contribution in [3.05, 3.63) is 11.8 Å². The van der Waals surface area contributed by atoms with E-state index in [1.54, 1.807) is 6.08 Å². The van der Waals surface area contributed by atoms with Crippen LogP contribution in [0.4, 0.5) is 0 Å². The number of hydrogen-bond acceptors (Lipinski definition) is 2. The van der Waals surface area contributed by atoms with Gasteiger partial charge in [0.05, 0.1) is 12.2 Å². The molecule has 0 aliphatic carbocycles. The molecule has 12 heavy (non-hydrogen) atoms. The number of aliphatic hydroxyl groups excluding tert-OH is 1. The molecule has 0 aromatic heterocycles. The molecule has 0 atom stereocenters. The fraction of sp³-hybridized carbons (Fsp3) is 0.700. The molecule has 0 saturated carbocycles. The van der Waals surface area contributed by atoms with Gasteiger partial charge in [-0.25, -0.2) is 0 Å². The molecule has 2 nitrogen and oxygen atoms in total. The second-order valence-electron chi connectivity index (χ2n) is 2.92. The minimum absolute atomic E-state index is 0.160. The minimum Gasteiger partial charge on any atom is -0.512 e. The van der Waals surface area contributed by atoms with Crippen LogP contribution in [0.1, 0.15) is 45.4 Å². The highest BCUT2D eigenvalue weighted by molar-refractivity contribution is 5.52. The molecular weight excluding hydrogens is 152 g/mol. The Morgan fingerprint density at radius 2 is 2.08 bits per heavy atom. The molecule has 0 radical (unpaired) electrons. The van der Waals surface area contributed by atoms with Crippen LogP contribution in [0, 0.1) is 0 Å². The third kappa shape index (κ3) is 7.32. The third-order valence-electron chi connectivity index (χ3n) is 1.73. The lowest BCUT2D eigenvalue weighted by Crippen LogP contribution is -1.82. The molecule has 0 rings (SSSR count). The Kier molecular flexibility index (Phi) is 7.76. The maximum absolute atomic E-state index is 9.95. The van der Waals surface area contributed by atoms with Crippen molar-refractivity contribution in [3.8, 4) is 0 Å². The summed E-state index contributed by atoms with van der Waals surface area (Å²) < 4.78 is 0. The largest absolute Gasteiger partial charge is 0.512 e. The Labute approximate surface area is 74.3 Å². The first-order valence-corrected chi connectivity index (χ1v) is 4.63. The van der Waals surface area contributed by atoms with Crippen LogP contribution in [0.25, 0.3) is 0 Å². The van der Waals surface area contributed by atoms with Gasteiger partial charge in [0.15, 0.2) is 0 Å². The molecule has 0 fully saturated rings. The number of hydrogen-bond donors (Lipinski definition) is 1. The minimum atomic E-state index is 0.160. The molecule has 0 aliphatic rings. The van der Waals surface area contributed by atoms with Gasteiger partial charge in [-0.3, -0.25) is 0 Å². The Balaban J connectivity index is 3.27. The normalized spacial score (nSPS) is 11.6. The van der Waals surface area contributed by atoms with Gasteiger partial charge in [0.1, 0.15) is 6.29 Å². The van der Waals surface area contributed by atoms with Gasteiger partial charge in [-0.2, -0.15) is 0 Å². The summed E-state index contributed by atoms with van der Waals surface area (Å²) in [6, 6.07) is 0. The topological polar surface area (TPSA) is 37.3 Å². The van der Waals surface area contributed by atoms with E-state index in [2.05, 4.69) is 6.92 Å². The lowest BCUT2D eigenvalue weighted by Gasteiger charge is -1.95. The molecule has 0 amide bonds. The molecule has 1 N–H and O–H groups in total. The van der Waals surface area contributed by atoms with Crippen molar-refractivity contribution >= 4 is 6.29 Å². The van der Waals surface area contributed by atoms with E-state index in [1.165, 1.54) is 19.3 Å². The smallest absolute Gasteiger partial charge is 0.127 e. The Morgan fingerprint density at radius 1 is 1.33 bits per heavy atom. The van der Waals surface area contributed by atoms with Gasteiger partial charge in [-0.05, 0) is 18.9 Å². The summed E-state index contributed by atoms with van der Waals surface area (Å²) >= 11 is 0. The molecule has 0 aromatic rings. The standard InChI is InChI=1S/C10H18O2/c1-2-3-4-5-6-7-10(12)8-9-11/h7,9,12H,2-6,8H2,1H3. The van der Waals surface area contributed by atoms with E-state index in [0.717, 1.165) is 19.1 Å². The second-order valence-corrected chi connectivity index (χ2v) is 2.92. The number of unbranched alkanes of at least 4 members (excludes halogenated alkanes) is 4. The summed E-state index contributed by atoms with van der Waals surface area (Å²) in [5.41, 5.74) is 0. The van der Waals surface area contributed by atoms with E-state index >= 15 is 0 Å². The lowest BCUT2D eigenvalue weighted by molar-refractivity contribution is -0.107. The SMILES string of the molecule is CCCCCCC=C(O)CC=O. The van der Waals surface area contributed by atoms with Gasteiger partial charge in [-0.15, -0.1) is 0 Å². The van der Waals surface area contributed by atoms with Crippen molar-refractivity contribution in [1.82, 2.24) is 0 Å². The number of carbonyl (C=O) groups is 1. The predicted octanol–water partition coefficient (Wildman–Crippen LogP) is 2.99. The Bertz CT molecular complexity index is 139. The van der Waals surface area contributed by atoms with Crippen molar-refractivity contribution in [1.29, 1.82) is 0 Å². The van der Waals surface area contributed by atoms with Gasteiger partial charge in [0.2, 0.25) is 0 Å². The van der Waals surface area contributed by atoms with E-state index in [0.29, 0.717) is 0 Å². The average molecular weight is 170 g/mol. The highest BCUT2D eigenvalue weighted by Gasteiger charge is 1.90. The maximum atomic E-state index is 9.95. The van der Waals surface area contributed by atoms with Crippen LogP contribution < -0.4 is 0 Å². The first kappa shape index (κ1) is 11.2. The molecule has 70 valence electrons. The van der Waals surface area contributed by atoms with E-state index in [9.17, 15) is 4.79 Å². The van der Waals surface area contributed by atoms with Crippen LogP contribution in [0.2, 0.25) is 0 Å². The van der Waals surface area contributed by atoms with Gasteiger partial charge in [-0.1, -0.05) is 26.2 Å². The van der Waals surface area contributed by atoms with Crippen LogP contribution in [0.3, 0.4) is 0 Å².